The normalized spacial score (nSPS) is 22.3. The van der Waals surface area contributed by atoms with Crippen molar-refractivity contribution in [2.45, 2.75) is 26.2 Å². The topological polar surface area (TPSA) is 107 Å². The van der Waals surface area contributed by atoms with E-state index in [1.165, 1.54) is 16.8 Å². The molecule has 1 unspecified atom stereocenters. The SMILES string of the molecule is CCCC(=O)OCC1(CO)CC1=Cn1ccc(N)nc1=O. The van der Waals surface area contributed by atoms with Crippen molar-refractivity contribution in [3.63, 3.8) is 0 Å². The second-order valence-electron chi connectivity index (χ2n) is 5.22. The summed E-state index contributed by atoms with van der Waals surface area (Å²) in [6.07, 6.45) is 4.79. The molecule has 1 heterocycles. The van der Waals surface area contributed by atoms with Gasteiger partial charge in [-0.25, -0.2) is 4.79 Å². The van der Waals surface area contributed by atoms with Gasteiger partial charge in [0.05, 0.1) is 12.0 Å². The van der Waals surface area contributed by atoms with Gasteiger partial charge < -0.3 is 15.6 Å². The van der Waals surface area contributed by atoms with Crippen molar-refractivity contribution in [3.05, 3.63) is 28.3 Å². The molecular weight excluding hydrogens is 274 g/mol. The fraction of sp³-hybridized carbons (Fsp3) is 0.500. The van der Waals surface area contributed by atoms with Gasteiger partial charge in [-0.1, -0.05) is 6.92 Å². The van der Waals surface area contributed by atoms with Crippen molar-refractivity contribution in [1.82, 2.24) is 9.55 Å². The van der Waals surface area contributed by atoms with E-state index in [0.29, 0.717) is 12.8 Å². The lowest BCUT2D eigenvalue weighted by Crippen LogP contribution is -2.21. The number of carbonyl (C=O) groups excluding carboxylic acids is 1. The van der Waals surface area contributed by atoms with Crippen molar-refractivity contribution in [2.75, 3.05) is 18.9 Å². The summed E-state index contributed by atoms with van der Waals surface area (Å²) in [6, 6.07) is 1.52. The summed E-state index contributed by atoms with van der Waals surface area (Å²) in [5.74, 6) is -0.116. The first kappa shape index (κ1) is 15.2. The molecule has 1 aliphatic rings. The van der Waals surface area contributed by atoms with E-state index in [1.807, 2.05) is 6.92 Å². The van der Waals surface area contributed by atoms with Crippen LogP contribution in [0.15, 0.2) is 22.6 Å². The molecule has 0 aliphatic heterocycles. The average Bonchev–Trinajstić information content (AvgIpc) is 3.14. The predicted octanol–water partition coefficient (Wildman–Crippen LogP) is 0.392. The molecule has 1 aliphatic carbocycles. The van der Waals surface area contributed by atoms with E-state index in [9.17, 15) is 14.7 Å². The predicted molar refractivity (Wildman–Crippen MR) is 77.2 cm³/mol. The van der Waals surface area contributed by atoms with Crippen LogP contribution in [-0.2, 0) is 9.53 Å². The molecule has 1 fully saturated rings. The standard InChI is InChI=1S/C14H19N3O4/c1-2-3-12(19)21-9-14(8-18)6-10(14)7-17-5-4-11(15)16-13(17)20/h4-5,7,18H,2-3,6,8-9H2,1H3,(H2,15,16,20). The molecule has 7 heteroatoms. The summed E-state index contributed by atoms with van der Waals surface area (Å²) in [5, 5.41) is 9.51. The molecular formula is C14H19N3O4. The number of aliphatic hydroxyl groups excluding tert-OH is 1. The number of hydrogen-bond acceptors (Lipinski definition) is 6. The van der Waals surface area contributed by atoms with Crippen LogP contribution in [0.25, 0.3) is 6.20 Å². The smallest absolute Gasteiger partial charge is 0.353 e. The second kappa shape index (κ2) is 6.09. The van der Waals surface area contributed by atoms with Crippen molar-refractivity contribution in [3.8, 4) is 0 Å². The molecule has 114 valence electrons. The minimum atomic E-state index is -0.565. The van der Waals surface area contributed by atoms with Crippen LogP contribution < -0.4 is 11.4 Å². The van der Waals surface area contributed by atoms with E-state index in [1.54, 1.807) is 6.20 Å². The van der Waals surface area contributed by atoms with Crippen molar-refractivity contribution in [1.29, 1.82) is 0 Å². The summed E-state index contributed by atoms with van der Waals surface area (Å²) in [7, 11) is 0. The molecule has 0 aromatic carbocycles. The van der Waals surface area contributed by atoms with Crippen LogP contribution in [0.2, 0.25) is 0 Å². The quantitative estimate of drug-likeness (QED) is 0.735. The van der Waals surface area contributed by atoms with E-state index >= 15 is 0 Å². The molecule has 7 nitrogen and oxygen atoms in total. The molecule has 0 spiro atoms. The Morgan fingerprint density at radius 2 is 2.43 bits per heavy atom. The van der Waals surface area contributed by atoms with Gasteiger partial charge in [0, 0.05) is 18.8 Å². The number of esters is 1. The van der Waals surface area contributed by atoms with Gasteiger partial charge >= 0.3 is 11.7 Å². The highest BCUT2D eigenvalue weighted by atomic mass is 16.5. The van der Waals surface area contributed by atoms with Gasteiger partial charge in [-0.15, -0.1) is 0 Å². The van der Waals surface area contributed by atoms with E-state index in [4.69, 9.17) is 10.5 Å². The minimum Gasteiger partial charge on any atom is -0.465 e. The van der Waals surface area contributed by atoms with Gasteiger partial charge in [-0.3, -0.25) is 9.36 Å². The maximum absolute atomic E-state index is 11.6. The largest absolute Gasteiger partial charge is 0.465 e. The van der Waals surface area contributed by atoms with Crippen molar-refractivity contribution < 1.29 is 14.6 Å². The average molecular weight is 293 g/mol. The first-order valence-electron chi connectivity index (χ1n) is 6.83. The lowest BCUT2D eigenvalue weighted by molar-refractivity contribution is -0.145. The number of aromatic nitrogens is 2. The zero-order valence-corrected chi connectivity index (χ0v) is 11.9. The molecule has 0 bridgehead atoms. The molecule has 21 heavy (non-hydrogen) atoms. The van der Waals surface area contributed by atoms with Crippen LogP contribution in [0.1, 0.15) is 26.2 Å². The molecule has 1 saturated carbocycles. The third kappa shape index (κ3) is 3.49. The van der Waals surface area contributed by atoms with E-state index in [2.05, 4.69) is 4.98 Å². The minimum absolute atomic E-state index is 0.130. The third-order valence-electron chi connectivity index (χ3n) is 3.50. The fourth-order valence-electron chi connectivity index (χ4n) is 2.04. The number of nitrogen functional groups attached to an aromatic ring is 1. The number of rotatable bonds is 6. The molecule has 1 atom stereocenters. The third-order valence-corrected chi connectivity index (χ3v) is 3.50. The first-order valence-corrected chi connectivity index (χ1v) is 6.83. The Balaban J connectivity index is 2.07. The lowest BCUT2D eigenvalue weighted by atomic mass is 10.1. The second-order valence-corrected chi connectivity index (χ2v) is 5.22. The Kier molecular flexibility index (Phi) is 4.42. The summed E-state index contributed by atoms with van der Waals surface area (Å²) in [5.41, 5.74) is 5.22. The monoisotopic (exact) mass is 293 g/mol. The Morgan fingerprint density at radius 3 is 3.05 bits per heavy atom. The lowest BCUT2D eigenvalue weighted by Gasteiger charge is -2.12. The van der Waals surface area contributed by atoms with Gasteiger partial charge in [0.1, 0.15) is 12.4 Å². The molecule has 1 aromatic heterocycles. The van der Waals surface area contributed by atoms with Crippen molar-refractivity contribution >= 4 is 18.0 Å². The van der Waals surface area contributed by atoms with Crippen LogP contribution in [-0.4, -0.2) is 33.8 Å². The zero-order valence-electron chi connectivity index (χ0n) is 11.9. The fourth-order valence-corrected chi connectivity index (χ4v) is 2.04. The van der Waals surface area contributed by atoms with E-state index in [-0.39, 0.29) is 25.0 Å². The van der Waals surface area contributed by atoms with Gasteiger partial charge in [-0.2, -0.15) is 4.98 Å². The Bertz CT molecular complexity index is 623. The summed E-state index contributed by atoms with van der Waals surface area (Å²) in [4.78, 5) is 26.6. The number of nitrogens with zero attached hydrogens (tertiary/aromatic N) is 2. The molecule has 2 rings (SSSR count). The van der Waals surface area contributed by atoms with Gasteiger partial charge in [0.2, 0.25) is 0 Å². The summed E-state index contributed by atoms with van der Waals surface area (Å²) >= 11 is 0. The molecule has 0 radical (unpaired) electrons. The van der Waals surface area contributed by atoms with Crippen LogP contribution >= 0.6 is 0 Å². The van der Waals surface area contributed by atoms with Crippen LogP contribution in [0, 0.1) is 5.41 Å². The highest BCUT2D eigenvalue weighted by Crippen LogP contribution is 2.52. The molecule has 1 aromatic rings. The first-order chi connectivity index (χ1) is 10.0. The Morgan fingerprint density at radius 1 is 1.67 bits per heavy atom. The number of carbonyl (C=O) groups is 1. The summed E-state index contributed by atoms with van der Waals surface area (Å²) < 4.78 is 6.46. The maximum Gasteiger partial charge on any atom is 0.353 e. The van der Waals surface area contributed by atoms with Gasteiger partial charge in [0.25, 0.3) is 0 Å². The maximum atomic E-state index is 11.6. The van der Waals surface area contributed by atoms with Gasteiger partial charge in [-0.05, 0) is 24.5 Å². The van der Waals surface area contributed by atoms with Gasteiger partial charge in [0.15, 0.2) is 0 Å². The molecule has 0 amide bonds. The Hall–Kier alpha value is -2.15. The molecule has 0 saturated heterocycles. The highest BCUT2D eigenvalue weighted by Gasteiger charge is 2.49. The van der Waals surface area contributed by atoms with Crippen molar-refractivity contribution in [2.24, 2.45) is 5.41 Å². The van der Waals surface area contributed by atoms with Crippen LogP contribution in [0.3, 0.4) is 0 Å². The van der Waals surface area contributed by atoms with Crippen LogP contribution in [0.5, 0.6) is 0 Å². The zero-order chi connectivity index (χ0) is 15.5. The number of nitrogens with two attached hydrogens (primary N) is 1. The number of anilines is 1. The molecule has 3 N–H and O–H groups in total. The van der Waals surface area contributed by atoms with E-state index < -0.39 is 11.1 Å². The number of aliphatic hydroxyl groups is 1. The highest BCUT2D eigenvalue weighted by molar-refractivity contribution is 5.69. The number of hydrogen-bond donors (Lipinski definition) is 2. The van der Waals surface area contributed by atoms with Crippen LogP contribution in [0.4, 0.5) is 5.82 Å². The number of ether oxygens (including phenoxy) is 1. The Labute approximate surface area is 122 Å². The summed E-state index contributed by atoms with van der Waals surface area (Å²) in [6.45, 7) is 1.90. The van der Waals surface area contributed by atoms with E-state index in [0.717, 1.165) is 12.0 Å².